The summed E-state index contributed by atoms with van der Waals surface area (Å²) in [6, 6.07) is 7.15. The van der Waals surface area contributed by atoms with E-state index in [0.29, 0.717) is 22.1 Å². The number of aliphatic carboxylic acids is 1. The molecule has 0 saturated carbocycles. The molecule has 1 heterocycles. The molecule has 0 fully saturated rings. The van der Waals surface area contributed by atoms with Crippen molar-refractivity contribution in [3.63, 3.8) is 0 Å². The molecule has 0 unspecified atom stereocenters. The Bertz CT molecular complexity index is 668. The first-order valence-corrected chi connectivity index (χ1v) is 6.22. The predicted molar refractivity (Wildman–Crippen MR) is 77.2 cm³/mol. The second kappa shape index (κ2) is 6.21. The first-order chi connectivity index (χ1) is 9.54. The van der Waals surface area contributed by atoms with Gasteiger partial charge in [0.1, 0.15) is 11.5 Å². The molecular formula is C15H12ClNO3. The summed E-state index contributed by atoms with van der Waals surface area (Å²) in [6.45, 7) is 1.94. The van der Waals surface area contributed by atoms with E-state index in [1.54, 1.807) is 18.3 Å². The minimum atomic E-state index is -1.02. The number of carbonyl (C=O) groups is 1. The molecule has 0 aliphatic rings. The van der Waals surface area contributed by atoms with Gasteiger partial charge in [-0.25, -0.2) is 4.79 Å². The van der Waals surface area contributed by atoms with E-state index in [4.69, 9.17) is 21.4 Å². The number of hydrogen-bond donors (Lipinski definition) is 1. The van der Waals surface area contributed by atoms with Crippen molar-refractivity contribution < 1.29 is 14.6 Å². The number of carboxylic acid groups (broad SMARTS) is 1. The average molecular weight is 290 g/mol. The van der Waals surface area contributed by atoms with Gasteiger partial charge in [-0.15, -0.1) is 0 Å². The van der Waals surface area contributed by atoms with E-state index in [2.05, 4.69) is 4.98 Å². The number of nitrogens with zero attached hydrogens (tertiary/aromatic N) is 1. The van der Waals surface area contributed by atoms with Crippen molar-refractivity contribution in [1.29, 1.82) is 0 Å². The van der Waals surface area contributed by atoms with Crippen LogP contribution in [0.5, 0.6) is 11.5 Å². The van der Waals surface area contributed by atoms with Crippen molar-refractivity contribution in [2.45, 2.75) is 6.92 Å². The Kier molecular flexibility index (Phi) is 4.38. The Morgan fingerprint density at radius 2 is 2.15 bits per heavy atom. The number of hydrogen-bond acceptors (Lipinski definition) is 3. The lowest BCUT2D eigenvalue weighted by atomic mass is 10.2. The van der Waals surface area contributed by atoms with Gasteiger partial charge in [-0.2, -0.15) is 0 Å². The number of aromatic nitrogens is 1. The number of carboxylic acids is 1. The summed E-state index contributed by atoms with van der Waals surface area (Å²) < 4.78 is 5.66. The van der Waals surface area contributed by atoms with Crippen molar-refractivity contribution in [2.75, 3.05) is 0 Å². The molecule has 0 bridgehead atoms. The summed E-state index contributed by atoms with van der Waals surface area (Å²) >= 11 is 6.05. The standard InChI is InChI=1S/C15H12ClNO3/c1-10-2-4-13(16)14(6-10)20-12-7-11(8-17-9-12)3-5-15(18)19/h2-9H,1H3,(H,18,19)/b5-3+. The van der Waals surface area contributed by atoms with Crippen LogP contribution in [0.3, 0.4) is 0 Å². The summed E-state index contributed by atoms with van der Waals surface area (Å²) in [4.78, 5) is 14.5. The molecule has 2 aromatic rings. The van der Waals surface area contributed by atoms with Crippen LogP contribution in [0.15, 0.2) is 42.7 Å². The summed E-state index contributed by atoms with van der Waals surface area (Å²) in [5.41, 5.74) is 1.66. The van der Waals surface area contributed by atoms with Crippen molar-refractivity contribution in [1.82, 2.24) is 4.98 Å². The minimum Gasteiger partial charge on any atom is -0.478 e. The van der Waals surface area contributed by atoms with Crippen LogP contribution < -0.4 is 4.74 Å². The third kappa shape index (κ3) is 3.83. The van der Waals surface area contributed by atoms with Crippen molar-refractivity contribution in [2.24, 2.45) is 0 Å². The summed E-state index contributed by atoms with van der Waals surface area (Å²) in [6.07, 6.45) is 5.57. The van der Waals surface area contributed by atoms with E-state index >= 15 is 0 Å². The fraction of sp³-hybridized carbons (Fsp3) is 0.0667. The molecule has 0 aliphatic carbocycles. The van der Waals surface area contributed by atoms with Crippen LogP contribution in [0.4, 0.5) is 0 Å². The second-order valence-corrected chi connectivity index (χ2v) is 4.57. The first kappa shape index (κ1) is 14.1. The highest BCUT2D eigenvalue weighted by Crippen LogP contribution is 2.30. The number of benzene rings is 1. The third-order valence-electron chi connectivity index (χ3n) is 2.47. The van der Waals surface area contributed by atoms with Gasteiger partial charge >= 0.3 is 5.97 Å². The molecule has 4 nitrogen and oxygen atoms in total. The molecule has 0 radical (unpaired) electrons. The Hall–Kier alpha value is -2.33. The Labute approximate surface area is 121 Å². The molecule has 0 saturated heterocycles. The van der Waals surface area contributed by atoms with Crippen molar-refractivity contribution in [3.05, 3.63) is 58.9 Å². The summed E-state index contributed by atoms with van der Waals surface area (Å²) in [5, 5.41) is 9.09. The third-order valence-corrected chi connectivity index (χ3v) is 2.78. The number of ether oxygens (including phenoxy) is 1. The van der Waals surface area contributed by atoms with Gasteiger partial charge in [-0.3, -0.25) is 4.98 Å². The predicted octanol–water partition coefficient (Wildman–Crippen LogP) is 3.93. The van der Waals surface area contributed by atoms with Gasteiger partial charge in [-0.1, -0.05) is 17.7 Å². The molecule has 1 N–H and O–H groups in total. The Morgan fingerprint density at radius 1 is 1.35 bits per heavy atom. The summed E-state index contributed by atoms with van der Waals surface area (Å²) in [7, 11) is 0. The fourth-order valence-corrected chi connectivity index (χ4v) is 1.72. The smallest absolute Gasteiger partial charge is 0.328 e. The van der Waals surface area contributed by atoms with E-state index in [1.165, 1.54) is 12.3 Å². The molecule has 0 atom stereocenters. The maximum absolute atomic E-state index is 10.5. The lowest BCUT2D eigenvalue weighted by Crippen LogP contribution is -1.89. The van der Waals surface area contributed by atoms with Crippen LogP contribution in [0.25, 0.3) is 6.08 Å². The lowest BCUT2D eigenvalue weighted by molar-refractivity contribution is -0.131. The molecule has 1 aromatic heterocycles. The lowest BCUT2D eigenvalue weighted by Gasteiger charge is -2.08. The molecule has 1 aromatic carbocycles. The highest BCUT2D eigenvalue weighted by molar-refractivity contribution is 6.32. The number of rotatable bonds is 4. The fourth-order valence-electron chi connectivity index (χ4n) is 1.57. The van der Waals surface area contributed by atoms with Crippen LogP contribution in [0.1, 0.15) is 11.1 Å². The van der Waals surface area contributed by atoms with Crippen LogP contribution >= 0.6 is 11.6 Å². The maximum Gasteiger partial charge on any atom is 0.328 e. The molecule has 5 heteroatoms. The first-order valence-electron chi connectivity index (χ1n) is 5.84. The molecule has 0 spiro atoms. The molecule has 0 amide bonds. The molecular weight excluding hydrogens is 278 g/mol. The van der Waals surface area contributed by atoms with E-state index < -0.39 is 5.97 Å². The van der Waals surface area contributed by atoms with Gasteiger partial charge in [-0.05, 0) is 42.3 Å². The van der Waals surface area contributed by atoms with Crippen molar-refractivity contribution in [3.8, 4) is 11.5 Å². The SMILES string of the molecule is Cc1ccc(Cl)c(Oc2cncc(/C=C/C(=O)O)c2)c1. The van der Waals surface area contributed by atoms with Gasteiger partial charge in [0.2, 0.25) is 0 Å². The topological polar surface area (TPSA) is 59.4 Å². The van der Waals surface area contributed by atoms with E-state index in [0.717, 1.165) is 11.6 Å². The van der Waals surface area contributed by atoms with Crippen LogP contribution in [-0.4, -0.2) is 16.1 Å². The molecule has 0 aliphatic heterocycles. The van der Waals surface area contributed by atoms with Gasteiger partial charge in [0.05, 0.1) is 11.2 Å². The quantitative estimate of drug-likeness (QED) is 0.866. The molecule has 102 valence electrons. The second-order valence-electron chi connectivity index (χ2n) is 4.16. The Balaban J connectivity index is 2.23. The monoisotopic (exact) mass is 289 g/mol. The van der Waals surface area contributed by atoms with Gasteiger partial charge in [0, 0.05) is 12.3 Å². The zero-order chi connectivity index (χ0) is 14.5. The van der Waals surface area contributed by atoms with Crippen molar-refractivity contribution >= 4 is 23.6 Å². The number of pyridine rings is 1. The number of aryl methyl sites for hydroxylation is 1. The molecule has 2 rings (SSSR count). The van der Waals surface area contributed by atoms with Crippen LogP contribution in [0.2, 0.25) is 5.02 Å². The highest BCUT2D eigenvalue weighted by atomic mass is 35.5. The maximum atomic E-state index is 10.5. The number of halogens is 1. The normalized spacial score (nSPS) is 10.7. The van der Waals surface area contributed by atoms with Crippen LogP contribution in [0, 0.1) is 6.92 Å². The van der Waals surface area contributed by atoms with E-state index in [-0.39, 0.29) is 0 Å². The van der Waals surface area contributed by atoms with E-state index in [1.807, 2.05) is 19.1 Å². The zero-order valence-electron chi connectivity index (χ0n) is 10.7. The highest BCUT2D eigenvalue weighted by Gasteiger charge is 2.04. The van der Waals surface area contributed by atoms with Crippen LogP contribution in [-0.2, 0) is 4.79 Å². The van der Waals surface area contributed by atoms with Gasteiger partial charge in [0.15, 0.2) is 0 Å². The zero-order valence-corrected chi connectivity index (χ0v) is 11.5. The van der Waals surface area contributed by atoms with Gasteiger partial charge in [0.25, 0.3) is 0 Å². The summed E-state index contributed by atoms with van der Waals surface area (Å²) in [5.74, 6) is 0.0101. The van der Waals surface area contributed by atoms with Gasteiger partial charge < -0.3 is 9.84 Å². The molecule has 20 heavy (non-hydrogen) atoms. The average Bonchev–Trinajstić information content (AvgIpc) is 2.41. The largest absolute Gasteiger partial charge is 0.478 e. The Morgan fingerprint density at radius 3 is 2.90 bits per heavy atom. The minimum absolute atomic E-state index is 0.491. The van der Waals surface area contributed by atoms with E-state index in [9.17, 15) is 4.79 Å².